The molecule has 0 radical (unpaired) electrons. The maximum absolute atomic E-state index is 11.3. The molecule has 15 heavy (non-hydrogen) atoms. The summed E-state index contributed by atoms with van der Waals surface area (Å²) in [5, 5.41) is 5.09. The summed E-state index contributed by atoms with van der Waals surface area (Å²) in [7, 11) is -3.68. The van der Waals surface area contributed by atoms with Gasteiger partial charge in [-0.3, -0.25) is 0 Å². The fourth-order valence-corrected chi connectivity index (χ4v) is 6.07. The molecule has 0 aromatic heterocycles. The Hall–Kier alpha value is -0.111. The summed E-state index contributed by atoms with van der Waals surface area (Å²) in [4.78, 5) is 3.78. The van der Waals surface area contributed by atoms with Crippen molar-refractivity contribution >= 4 is 28.8 Å². The van der Waals surface area contributed by atoms with Crippen LogP contribution in [-0.2, 0) is 14.5 Å². The Morgan fingerprint density at radius 1 is 1.33 bits per heavy atom. The average molecular weight is 336 g/mol. The van der Waals surface area contributed by atoms with Crippen molar-refractivity contribution in [1.82, 2.24) is 0 Å². The Kier molecular flexibility index (Phi) is 3.80. The van der Waals surface area contributed by atoms with Crippen molar-refractivity contribution in [2.24, 2.45) is 5.14 Å². The summed E-state index contributed by atoms with van der Waals surface area (Å²) in [6.45, 7) is 0. The van der Waals surface area contributed by atoms with E-state index in [0.29, 0.717) is 10.0 Å². The number of hydrogen-bond donors (Lipinski definition) is 2. The van der Waals surface area contributed by atoms with Crippen molar-refractivity contribution in [3.8, 4) is 0 Å². The van der Waals surface area contributed by atoms with E-state index in [1.54, 1.807) is 18.2 Å². The van der Waals surface area contributed by atoms with Gasteiger partial charge >= 0.3 is 94.9 Å². The van der Waals surface area contributed by atoms with Gasteiger partial charge in [0.05, 0.1) is 0 Å². The normalized spacial score (nSPS) is 12.8. The van der Waals surface area contributed by atoms with Crippen molar-refractivity contribution in [3.63, 3.8) is 0 Å². The fraction of sp³-hybridized carbons (Fsp3) is 0.333. The standard InChI is InChI=1S/C7H8NO2S.2CH3.H2O.Sn/c1-6-4-2-3-5-7(6)11(8,9)10;;;;/h2-5H,1H2,(H2,8,9,10);2*1H3;1H2;/q;;;;+1/p-1. The molecule has 4 nitrogen and oxygen atoms in total. The first kappa shape index (κ1) is 13.0. The summed E-state index contributed by atoms with van der Waals surface area (Å²) in [5.74, 6) is 0. The molecule has 0 atom stereocenters. The van der Waals surface area contributed by atoms with Gasteiger partial charge in [0.1, 0.15) is 0 Å². The van der Waals surface area contributed by atoms with E-state index in [9.17, 15) is 11.9 Å². The molecule has 0 fully saturated rings. The van der Waals surface area contributed by atoms with Gasteiger partial charge in [0.25, 0.3) is 0 Å². The van der Waals surface area contributed by atoms with E-state index in [2.05, 4.69) is 0 Å². The van der Waals surface area contributed by atoms with Crippen LogP contribution >= 0.6 is 0 Å². The number of primary sulfonamides is 1. The van der Waals surface area contributed by atoms with Crippen LogP contribution in [0.3, 0.4) is 0 Å². The molecular formula is C9H15NO3SSn. The summed E-state index contributed by atoms with van der Waals surface area (Å²) < 4.78 is 32.8. The van der Waals surface area contributed by atoms with Crippen molar-refractivity contribution < 1.29 is 11.9 Å². The van der Waals surface area contributed by atoms with E-state index in [4.69, 9.17) is 5.14 Å². The van der Waals surface area contributed by atoms with Crippen LogP contribution < -0.4 is 5.14 Å². The van der Waals surface area contributed by atoms with Crippen molar-refractivity contribution in [2.45, 2.75) is 19.2 Å². The predicted octanol–water partition coefficient (Wildman–Crippen LogP) is 0.613. The van der Waals surface area contributed by atoms with Gasteiger partial charge in [0.15, 0.2) is 0 Å². The number of nitrogens with two attached hydrogens (primary N) is 1. The van der Waals surface area contributed by atoms with Gasteiger partial charge < -0.3 is 0 Å². The van der Waals surface area contributed by atoms with Crippen LogP contribution in [0.5, 0.6) is 0 Å². The van der Waals surface area contributed by atoms with Crippen molar-refractivity contribution in [3.05, 3.63) is 29.8 Å². The van der Waals surface area contributed by atoms with Gasteiger partial charge in [-0.1, -0.05) is 0 Å². The minimum atomic E-state index is -3.68. The van der Waals surface area contributed by atoms with Crippen molar-refractivity contribution in [1.29, 1.82) is 0 Å². The Bertz CT molecular complexity index is 451. The van der Waals surface area contributed by atoms with Crippen LogP contribution in [0.15, 0.2) is 29.2 Å². The van der Waals surface area contributed by atoms with Crippen LogP contribution in [0.4, 0.5) is 0 Å². The van der Waals surface area contributed by atoms with E-state index >= 15 is 0 Å². The van der Waals surface area contributed by atoms with Gasteiger partial charge in [-0.05, 0) is 0 Å². The second kappa shape index (κ2) is 4.40. The number of sulfonamides is 1. The first-order chi connectivity index (χ1) is 6.70. The molecule has 0 aliphatic rings. The van der Waals surface area contributed by atoms with E-state index in [1.807, 2.05) is 9.88 Å². The molecule has 0 spiro atoms. The van der Waals surface area contributed by atoms with E-state index in [1.165, 1.54) is 6.07 Å². The van der Waals surface area contributed by atoms with Crippen molar-refractivity contribution in [2.75, 3.05) is 0 Å². The molecule has 0 aliphatic heterocycles. The molecule has 3 N–H and O–H groups in total. The van der Waals surface area contributed by atoms with Crippen LogP contribution in [0, 0.1) is 0 Å². The Balaban J connectivity index is 3.20. The topological polar surface area (TPSA) is 80.4 Å². The summed E-state index contributed by atoms with van der Waals surface area (Å²) in [6, 6.07) is 6.56. The van der Waals surface area contributed by atoms with Crippen LogP contribution in [0.2, 0.25) is 9.88 Å². The monoisotopic (exact) mass is 337 g/mol. The van der Waals surface area contributed by atoms with Crippen LogP contribution in [0.25, 0.3) is 0 Å². The van der Waals surface area contributed by atoms with Gasteiger partial charge in [0.2, 0.25) is 0 Å². The maximum atomic E-state index is 11.3. The molecular weight excluding hydrogens is 321 g/mol. The molecule has 84 valence electrons. The van der Waals surface area contributed by atoms with Crippen LogP contribution in [-0.4, -0.2) is 30.7 Å². The fourth-order valence-electron chi connectivity index (χ4n) is 1.39. The van der Waals surface area contributed by atoms with E-state index < -0.39 is 28.8 Å². The van der Waals surface area contributed by atoms with E-state index in [-0.39, 0.29) is 4.90 Å². The molecule has 6 heteroatoms. The predicted molar refractivity (Wildman–Crippen MR) is 61.2 cm³/mol. The number of hydrogen-bond acceptors (Lipinski definition) is 3. The summed E-state index contributed by atoms with van der Waals surface area (Å²) in [6.07, 6.45) is 0. The molecule has 0 bridgehead atoms. The van der Waals surface area contributed by atoms with Crippen LogP contribution in [0.1, 0.15) is 5.56 Å². The number of benzene rings is 1. The average Bonchev–Trinajstić information content (AvgIpc) is 1.99. The Morgan fingerprint density at radius 2 is 1.87 bits per heavy atom. The molecule has 0 saturated heterocycles. The molecule has 0 saturated carbocycles. The molecule has 0 heterocycles. The first-order valence-corrected chi connectivity index (χ1v) is 15.1. The third kappa shape index (κ3) is 4.10. The van der Waals surface area contributed by atoms with Gasteiger partial charge in [-0.2, -0.15) is 0 Å². The molecule has 1 aromatic carbocycles. The van der Waals surface area contributed by atoms with E-state index in [0.717, 1.165) is 0 Å². The number of rotatable bonds is 3. The Morgan fingerprint density at radius 3 is 2.33 bits per heavy atom. The molecule has 1 rings (SSSR count). The third-order valence-electron chi connectivity index (χ3n) is 1.90. The second-order valence-corrected chi connectivity index (χ2v) is 17.0. The zero-order valence-electron chi connectivity index (χ0n) is 8.77. The zero-order valence-corrected chi connectivity index (χ0v) is 12.4. The van der Waals surface area contributed by atoms with Gasteiger partial charge in [0, 0.05) is 0 Å². The Labute approximate surface area is 94.6 Å². The SMILES string of the molecule is [CH3][Sn]([CH3])([OH])[CH2]c1ccccc1S(N)(=O)=O. The molecule has 1 aromatic rings. The zero-order chi connectivity index (χ0) is 11.7. The second-order valence-electron chi connectivity index (χ2n) is 4.14. The third-order valence-corrected chi connectivity index (χ3v) is 6.47. The summed E-state index contributed by atoms with van der Waals surface area (Å²) >= 11 is -3.03. The first-order valence-electron chi connectivity index (χ1n) is 4.53. The van der Waals surface area contributed by atoms with Gasteiger partial charge in [-0.15, -0.1) is 0 Å². The molecule has 0 aliphatic carbocycles. The quantitative estimate of drug-likeness (QED) is 0.794. The minimum absolute atomic E-state index is 0.129. The molecule has 0 unspecified atom stereocenters. The molecule has 0 amide bonds. The van der Waals surface area contributed by atoms with Gasteiger partial charge in [-0.25, -0.2) is 0 Å². The summed E-state index contributed by atoms with van der Waals surface area (Å²) in [5.41, 5.74) is 0.628.